The van der Waals surface area contributed by atoms with E-state index in [2.05, 4.69) is 5.32 Å². The van der Waals surface area contributed by atoms with Gasteiger partial charge in [0.15, 0.2) is 0 Å². The van der Waals surface area contributed by atoms with E-state index in [1.807, 2.05) is 0 Å². The van der Waals surface area contributed by atoms with Gasteiger partial charge >= 0.3 is 12.1 Å². The number of carboxylic acids is 1. The molecule has 1 saturated carbocycles. The third-order valence-corrected chi connectivity index (χ3v) is 2.53. The van der Waals surface area contributed by atoms with Crippen molar-refractivity contribution in [3.8, 4) is 0 Å². The zero-order valence-electron chi connectivity index (χ0n) is 8.86. The van der Waals surface area contributed by atoms with E-state index in [0.29, 0.717) is 0 Å². The van der Waals surface area contributed by atoms with E-state index in [4.69, 9.17) is 9.84 Å². The number of amides is 1. The highest BCUT2D eigenvalue weighted by Gasteiger charge is 2.20. The molecule has 0 radical (unpaired) electrons. The Labute approximate surface area is 88.8 Å². The minimum Gasteiger partial charge on any atom is -0.480 e. The predicted molar refractivity (Wildman–Crippen MR) is 53.6 cm³/mol. The largest absolute Gasteiger partial charge is 0.480 e. The Morgan fingerprint density at radius 2 is 1.93 bits per heavy atom. The van der Waals surface area contributed by atoms with Gasteiger partial charge in [0.05, 0.1) is 0 Å². The third kappa shape index (κ3) is 4.18. The predicted octanol–water partition coefficient (Wildman–Crippen LogP) is 1.52. The molecule has 86 valence electrons. The third-order valence-electron chi connectivity index (χ3n) is 2.53. The van der Waals surface area contributed by atoms with Gasteiger partial charge in [-0.25, -0.2) is 4.79 Å². The molecule has 0 aromatic heterocycles. The quantitative estimate of drug-likeness (QED) is 0.748. The molecule has 15 heavy (non-hydrogen) atoms. The normalized spacial score (nSPS) is 19.3. The fourth-order valence-electron chi connectivity index (χ4n) is 1.61. The molecule has 0 spiro atoms. The Kier molecular flexibility index (Phi) is 4.39. The first-order chi connectivity index (χ1) is 7.09. The first-order valence-electron chi connectivity index (χ1n) is 5.29. The van der Waals surface area contributed by atoms with E-state index in [9.17, 15) is 9.59 Å². The van der Waals surface area contributed by atoms with Crippen LogP contribution in [0, 0.1) is 0 Å². The molecule has 1 fully saturated rings. The van der Waals surface area contributed by atoms with E-state index >= 15 is 0 Å². The first kappa shape index (κ1) is 11.8. The molecule has 0 unspecified atom stereocenters. The minimum absolute atomic E-state index is 0.0419. The van der Waals surface area contributed by atoms with E-state index in [0.717, 1.165) is 25.7 Å². The number of aliphatic carboxylic acids is 1. The Hall–Kier alpha value is -1.26. The van der Waals surface area contributed by atoms with Crippen LogP contribution in [0.2, 0.25) is 0 Å². The van der Waals surface area contributed by atoms with Crippen molar-refractivity contribution >= 4 is 12.1 Å². The topological polar surface area (TPSA) is 75.6 Å². The van der Waals surface area contributed by atoms with Crippen LogP contribution in [0.15, 0.2) is 0 Å². The molecule has 0 aromatic carbocycles. The van der Waals surface area contributed by atoms with Gasteiger partial charge in [-0.15, -0.1) is 0 Å². The number of ether oxygens (including phenoxy) is 1. The zero-order chi connectivity index (χ0) is 11.3. The lowest BCUT2D eigenvalue weighted by Crippen LogP contribution is -2.40. The van der Waals surface area contributed by atoms with Crippen LogP contribution in [-0.2, 0) is 9.53 Å². The molecule has 1 atom stereocenters. The molecule has 5 nitrogen and oxygen atoms in total. The summed E-state index contributed by atoms with van der Waals surface area (Å²) in [7, 11) is 0. The summed E-state index contributed by atoms with van der Waals surface area (Å²) in [6, 6.07) is -0.902. The summed E-state index contributed by atoms with van der Waals surface area (Å²) in [5, 5.41) is 10.8. The van der Waals surface area contributed by atoms with Gasteiger partial charge in [0, 0.05) is 0 Å². The number of alkyl carbamates (subject to hydrolysis) is 1. The average Bonchev–Trinajstić information content (AvgIpc) is 2.18. The van der Waals surface area contributed by atoms with Crippen LogP contribution in [0.1, 0.15) is 39.0 Å². The Bertz CT molecular complexity index is 236. The SMILES string of the molecule is C[C@@H](NC(=O)OC1CCCCC1)C(=O)O. The van der Waals surface area contributed by atoms with Crippen LogP contribution >= 0.6 is 0 Å². The summed E-state index contributed by atoms with van der Waals surface area (Å²) in [6.07, 6.45) is 4.44. The lowest BCUT2D eigenvalue weighted by molar-refractivity contribution is -0.138. The highest BCUT2D eigenvalue weighted by molar-refractivity contribution is 5.79. The van der Waals surface area contributed by atoms with Crippen molar-refractivity contribution in [2.24, 2.45) is 0 Å². The second-order valence-electron chi connectivity index (χ2n) is 3.87. The molecular weight excluding hydrogens is 198 g/mol. The summed E-state index contributed by atoms with van der Waals surface area (Å²) in [5.74, 6) is -1.06. The van der Waals surface area contributed by atoms with Crippen molar-refractivity contribution in [2.75, 3.05) is 0 Å². The fraction of sp³-hybridized carbons (Fsp3) is 0.800. The van der Waals surface area contributed by atoms with Crippen LogP contribution < -0.4 is 5.32 Å². The maximum Gasteiger partial charge on any atom is 0.408 e. The van der Waals surface area contributed by atoms with Crippen LogP contribution in [0.25, 0.3) is 0 Å². The molecule has 0 heterocycles. The average molecular weight is 215 g/mol. The second-order valence-corrected chi connectivity index (χ2v) is 3.87. The number of rotatable bonds is 3. The minimum atomic E-state index is -1.06. The van der Waals surface area contributed by atoms with Gasteiger partial charge in [-0.05, 0) is 32.6 Å². The monoisotopic (exact) mass is 215 g/mol. The molecule has 0 bridgehead atoms. The molecule has 5 heteroatoms. The van der Waals surface area contributed by atoms with Crippen molar-refractivity contribution in [2.45, 2.75) is 51.2 Å². The van der Waals surface area contributed by atoms with E-state index in [-0.39, 0.29) is 6.10 Å². The standard InChI is InChI=1S/C10H17NO4/c1-7(9(12)13)11-10(14)15-8-5-3-2-4-6-8/h7-8H,2-6H2,1H3,(H,11,14)(H,12,13)/t7-/m1/s1. The van der Waals surface area contributed by atoms with Gasteiger partial charge in [-0.3, -0.25) is 4.79 Å². The number of nitrogens with one attached hydrogen (secondary N) is 1. The molecular formula is C10H17NO4. The molecule has 1 amide bonds. The van der Waals surface area contributed by atoms with Crippen LogP contribution in [0.5, 0.6) is 0 Å². The molecule has 1 aliphatic carbocycles. The maximum absolute atomic E-state index is 11.2. The van der Waals surface area contributed by atoms with E-state index in [1.165, 1.54) is 13.3 Å². The lowest BCUT2D eigenvalue weighted by Gasteiger charge is -2.22. The van der Waals surface area contributed by atoms with Crippen molar-refractivity contribution in [1.82, 2.24) is 5.32 Å². The molecule has 1 rings (SSSR count). The number of hydrogen-bond donors (Lipinski definition) is 2. The molecule has 0 aromatic rings. The molecule has 1 aliphatic rings. The van der Waals surface area contributed by atoms with E-state index in [1.54, 1.807) is 0 Å². The molecule has 2 N–H and O–H groups in total. The van der Waals surface area contributed by atoms with Crippen molar-refractivity contribution in [3.05, 3.63) is 0 Å². The van der Waals surface area contributed by atoms with Crippen LogP contribution in [0.3, 0.4) is 0 Å². The number of hydrogen-bond acceptors (Lipinski definition) is 3. The zero-order valence-corrected chi connectivity index (χ0v) is 8.86. The summed E-state index contributed by atoms with van der Waals surface area (Å²) in [4.78, 5) is 21.7. The molecule has 0 aliphatic heterocycles. The number of carbonyl (C=O) groups is 2. The summed E-state index contributed by atoms with van der Waals surface area (Å²) in [6.45, 7) is 1.41. The Balaban J connectivity index is 2.25. The van der Waals surface area contributed by atoms with Crippen molar-refractivity contribution in [1.29, 1.82) is 0 Å². The summed E-state index contributed by atoms with van der Waals surface area (Å²) >= 11 is 0. The Morgan fingerprint density at radius 1 is 1.33 bits per heavy atom. The van der Waals surface area contributed by atoms with Crippen molar-refractivity contribution < 1.29 is 19.4 Å². The fourth-order valence-corrected chi connectivity index (χ4v) is 1.61. The van der Waals surface area contributed by atoms with Crippen LogP contribution in [-0.4, -0.2) is 29.3 Å². The first-order valence-corrected chi connectivity index (χ1v) is 5.29. The Morgan fingerprint density at radius 3 is 2.47 bits per heavy atom. The summed E-state index contributed by atoms with van der Waals surface area (Å²) in [5.41, 5.74) is 0. The van der Waals surface area contributed by atoms with Gasteiger partial charge in [-0.2, -0.15) is 0 Å². The number of carbonyl (C=O) groups excluding carboxylic acids is 1. The van der Waals surface area contributed by atoms with Gasteiger partial charge in [0.2, 0.25) is 0 Å². The van der Waals surface area contributed by atoms with Gasteiger partial charge in [0.25, 0.3) is 0 Å². The second kappa shape index (κ2) is 5.58. The summed E-state index contributed by atoms with van der Waals surface area (Å²) < 4.78 is 5.10. The van der Waals surface area contributed by atoms with E-state index < -0.39 is 18.1 Å². The highest BCUT2D eigenvalue weighted by atomic mass is 16.6. The highest BCUT2D eigenvalue weighted by Crippen LogP contribution is 2.20. The number of carboxylic acid groups (broad SMARTS) is 1. The van der Waals surface area contributed by atoms with Gasteiger partial charge < -0.3 is 15.2 Å². The van der Waals surface area contributed by atoms with Crippen molar-refractivity contribution in [3.63, 3.8) is 0 Å². The van der Waals surface area contributed by atoms with Gasteiger partial charge in [0.1, 0.15) is 12.1 Å². The lowest BCUT2D eigenvalue weighted by atomic mass is 9.98. The van der Waals surface area contributed by atoms with Gasteiger partial charge in [-0.1, -0.05) is 6.42 Å². The van der Waals surface area contributed by atoms with Crippen LogP contribution in [0.4, 0.5) is 4.79 Å². The molecule has 0 saturated heterocycles. The maximum atomic E-state index is 11.2. The smallest absolute Gasteiger partial charge is 0.408 e.